The van der Waals surface area contributed by atoms with E-state index >= 15 is 0 Å². The Morgan fingerprint density at radius 2 is 1.74 bits per heavy atom. The summed E-state index contributed by atoms with van der Waals surface area (Å²) in [4.78, 5) is 28.2. The number of anilines is 1. The number of carbonyl (C=O) groups is 2. The molecular weight excluding hydrogens is 424 g/mol. The summed E-state index contributed by atoms with van der Waals surface area (Å²) in [5.41, 5.74) is 3.58. The minimum Gasteiger partial charge on any atom is -0.322 e. The summed E-state index contributed by atoms with van der Waals surface area (Å²) in [6, 6.07) is 25.5. The van der Waals surface area contributed by atoms with Gasteiger partial charge in [-0.2, -0.15) is 0 Å². The minimum atomic E-state index is -0.132. The van der Waals surface area contributed by atoms with Crippen LogP contribution in [-0.4, -0.2) is 28.2 Å². The van der Waals surface area contributed by atoms with Crippen molar-refractivity contribution < 1.29 is 9.59 Å². The number of rotatable bonds is 7. The van der Waals surface area contributed by atoms with Crippen molar-refractivity contribution in [2.45, 2.75) is 23.7 Å². The summed E-state index contributed by atoms with van der Waals surface area (Å²) in [7, 11) is 0. The smallest absolute Gasteiger partial charge is 0.255 e. The molecule has 0 saturated carbocycles. The number of nitrogens with one attached hydrogen (secondary N) is 1. The van der Waals surface area contributed by atoms with Gasteiger partial charge < -0.3 is 10.2 Å². The second kappa shape index (κ2) is 10.1. The first-order valence-electron chi connectivity index (χ1n) is 10.2. The maximum atomic E-state index is 12.8. The van der Waals surface area contributed by atoms with Crippen molar-refractivity contribution in [2.24, 2.45) is 0 Å². The van der Waals surface area contributed by atoms with E-state index in [0.29, 0.717) is 17.9 Å². The quantitative estimate of drug-likeness (QED) is 0.462. The summed E-state index contributed by atoms with van der Waals surface area (Å²) in [6.07, 6.45) is 0. The van der Waals surface area contributed by atoms with Crippen LogP contribution >= 0.6 is 23.5 Å². The Kier molecular flexibility index (Phi) is 6.99. The van der Waals surface area contributed by atoms with Gasteiger partial charge in [0, 0.05) is 17.0 Å². The molecule has 4 rings (SSSR count). The van der Waals surface area contributed by atoms with E-state index in [1.807, 2.05) is 83.8 Å². The van der Waals surface area contributed by atoms with Gasteiger partial charge in [-0.3, -0.25) is 9.59 Å². The fourth-order valence-electron chi connectivity index (χ4n) is 3.53. The predicted octanol–water partition coefficient (Wildman–Crippen LogP) is 5.83. The monoisotopic (exact) mass is 448 g/mol. The summed E-state index contributed by atoms with van der Waals surface area (Å²) < 4.78 is 0. The lowest BCUT2D eigenvalue weighted by Gasteiger charge is -2.24. The zero-order chi connectivity index (χ0) is 21.6. The molecule has 1 unspecified atom stereocenters. The molecule has 4 nitrogen and oxygen atoms in total. The third-order valence-electron chi connectivity index (χ3n) is 5.06. The number of para-hydroxylation sites is 1. The highest BCUT2D eigenvalue weighted by atomic mass is 32.2. The van der Waals surface area contributed by atoms with Crippen molar-refractivity contribution in [2.75, 3.05) is 16.8 Å². The summed E-state index contributed by atoms with van der Waals surface area (Å²) in [6.45, 7) is 2.68. The molecule has 1 atom stereocenters. The number of carbonyl (C=O) groups excluding carboxylic acids is 2. The van der Waals surface area contributed by atoms with Crippen molar-refractivity contribution in [1.82, 2.24) is 4.90 Å². The molecule has 3 aromatic carbocycles. The molecule has 0 spiro atoms. The van der Waals surface area contributed by atoms with Gasteiger partial charge in [-0.25, -0.2) is 0 Å². The Morgan fingerprint density at radius 1 is 1.03 bits per heavy atom. The van der Waals surface area contributed by atoms with Crippen molar-refractivity contribution in [3.63, 3.8) is 0 Å². The van der Waals surface area contributed by atoms with Gasteiger partial charge in [0.25, 0.3) is 5.91 Å². The fraction of sp³-hybridized carbons (Fsp3) is 0.200. The topological polar surface area (TPSA) is 49.4 Å². The minimum absolute atomic E-state index is 0.0357. The van der Waals surface area contributed by atoms with Crippen LogP contribution in [0.3, 0.4) is 0 Å². The highest BCUT2D eigenvalue weighted by Gasteiger charge is 2.32. The molecule has 1 heterocycles. The van der Waals surface area contributed by atoms with E-state index in [1.165, 1.54) is 0 Å². The van der Waals surface area contributed by atoms with Gasteiger partial charge >= 0.3 is 0 Å². The van der Waals surface area contributed by atoms with Gasteiger partial charge in [-0.15, -0.1) is 23.5 Å². The van der Waals surface area contributed by atoms with Crippen LogP contribution < -0.4 is 5.32 Å². The SMILES string of the molecule is CCSc1ccccc1NC(=O)c1ccc(C2SCC(=O)N2Cc2ccccc2)cc1. The largest absolute Gasteiger partial charge is 0.322 e. The lowest BCUT2D eigenvalue weighted by Crippen LogP contribution is -2.27. The third kappa shape index (κ3) is 5.14. The van der Waals surface area contributed by atoms with Crippen LogP contribution in [0.1, 0.15) is 33.8 Å². The molecular formula is C25H24N2O2S2. The lowest BCUT2D eigenvalue weighted by atomic mass is 10.1. The van der Waals surface area contributed by atoms with Gasteiger partial charge in [-0.1, -0.05) is 61.5 Å². The molecule has 2 amide bonds. The van der Waals surface area contributed by atoms with E-state index in [1.54, 1.807) is 23.5 Å². The first-order chi connectivity index (χ1) is 15.2. The molecule has 0 aromatic heterocycles. The van der Waals surface area contributed by atoms with Gasteiger partial charge in [0.1, 0.15) is 5.37 Å². The van der Waals surface area contributed by atoms with Gasteiger partial charge in [-0.05, 0) is 41.1 Å². The normalized spacial score (nSPS) is 15.8. The molecule has 6 heteroatoms. The van der Waals surface area contributed by atoms with Gasteiger partial charge in [0.15, 0.2) is 0 Å². The van der Waals surface area contributed by atoms with Crippen LogP contribution in [0.2, 0.25) is 0 Å². The molecule has 1 fully saturated rings. The molecule has 1 aliphatic rings. The lowest BCUT2D eigenvalue weighted by molar-refractivity contribution is -0.128. The van der Waals surface area contributed by atoms with Crippen LogP contribution in [-0.2, 0) is 11.3 Å². The molecule has 1 N–H and O–H groups in total. The highest BCUT2D eigenvalue weighted by Crippen LogP contribution is 2.39. The summed E-state index contributed by atoms with van der Waals surface area (Å²) in [5.74, 6) is 1.43. The van der Waals surface area contributed by atoms with Crippen molar-refractivity contribution in [3.8, 4) is 0 Å². The van der Waals surface area contributed by atoms with E-state index in [2.05, 4.69) is 12.2 Å². The zero-order valence-corrected chi connectivity index (χ0v) is 18.9. The number of amides is 2. The Morgan fingerprint density at radius 3 is 2.48 bits per heavy atom. The Balaban J connectivity index is 1.47. The highest BCUT2D eigenvalue weighted by molar-refractivity contribution is 8.00. The van der Waals surface area contributed by atoms with Crippen LogP contribution in [0, 0.1) is 0 Å². The second-order valence-electron chi connectivity index (χ2n) is 7.18. The molecule has 158 valence electrons. The number of hydrogen-bond donors (Lipinski definition) is 1. The first-order valence-corrected chi connectivity index (χ1v) is 12.3. The standard InChI is InChI=1S/C25H24N2O2S2/c1-2-30-22-11-7-6-10-21(22)26-24(29)19-12-14-20(15-13-19)25-27(23(28)17-31-25)16-18-8-4-3-5-9-18/h3-15,25H,2,16-17H2,1H3,(H,26,29). The van der Waals surface area contributed by atoms with Crippen LogP contribution in [0.15, 0.2) is 83.8 Å². The second-order valence-corrected chi connectivity index (χ2v) is 9.55. The van der Waals surface area contributed by atoms with E-state index in [4.69, 9.17) is 0 Å². The average molecular weight is 449 g/mol. The van der Waals surface area contributed by atoms with E-state index in [0.717, 1.165) is 27.5 Å². The van der Waals surface area contributed by atoms with Crippen molar-refractivity contribution in [1.29, 1.82) is 0 Å². The summed E-state index contributed by atoms with van der Waals surface area (Å²) in [5, 5.41) is 2.98. The third-order valence-corrected chi connectivity index (χ3v) is 7.27. The van der Waals surface area contributed by atoms with E-state index < -0.39 is 0 Å². The molecule has 31 heavy (non-hydrogen) atoms. The first kappa shape index (κ1) is 21.5. The van der Waals surface area contributed by atoms with Crippen molar-refractivity contribution >= 4 is 41.0 Å². The van der Waals surface area contributed by atoms with Crippen LogP contribution in [0.5, 0.6) is 0 Å². The maximum absolute atomic E-state index is 12.8. The molecule has 1 aliphatic heterocycles. The Bertz CT molecular complexity index is 1050. The molecule has 3 aromatic rings. The number of nitrogens with zero attached hydrogens (tertiary/aromatic N) is 1. The van der Waals surface area contributed by atoms with Gasteiger partial charge in [0.05, 0.1) is 11.4 Å². The van der Waals surface area contributed by atoms with Gasteiger partial charge in [0.2, 0.25) is 5.91 Å². The fourth-order valence-corrected chi connectivity index (χ4v) is 5.47. The molecule has 1 saturated heterocycles. The molecule has 0 aliphatic carbocycles. The number of thioether (sulfide) groups is 2. The van der Waals surface area contributed by atoms with Crippen LogP contribution in [0.25, 0.3) is 0 Å². The molecule has 0 radical (unpaired) electrons. The Hall–Kier alpha value is -2.70. The number of benzene rings is 3. The Labute approximate surface area is 191 Å². The van der Waals surface area contributed by atoms with E-state index in [9.17, 15) is 9.59 Å². The van der Waals surface area contributed by atoms with Crippen molar-refractivity contribution in [3.05, 3.63) is 95.6 Å². The van der Waals surface area contributed by atoms with E-state index in [-0.39, 0.29) is 17.2 Å². The average Bonchev–Trinajstić information content (AvgIpc) is 3.16. The van der Waals surface area contributed by atoms with Crippen LogP contribution in [0.4, 0.5) is 5.69 Å². The predicted molar refractivity (Wildman–Crippen MR) is 129 cm³/mol. The summed E-state index contributed by atoms with van der Waals surface area (Å²) >= 11 is 3.33. The maximum Gasteiger partial charge on any atom is 0.255 e. The molecule has 0 bridgehead atoms. The zero-order valence-electron chi connectivity index (χ0n) is 17.3. The number of hydrogen-bond acceptors (Lipinski definition) is 4.